The molecule has 3 aromatic rings. The first-order chi connectivity index (χ1) is 17.0. The molecule has 1 N–H and O–H groups in total. The van der Waals surface area contributed by atoms with Gasteiger partial charge in [-0.1, -0.05) is 18.2 Å². The number of aliphatic carboxylic acids is 1. The Kier molecular flexibility index (Phi) is 6.28. The van der Waals surface area contributed by atoms with Gasteiger partial charge in [0.1, 0.15) is 34.9 Å². The molecule has 0 unspecified atom stereocenters. The first-order valence-corrected chi connectivity index (χ1v) is 11.6. The second-order valence-electron chi connectivity index (χ2n) is 8.79. The lowest BCUT2D eigenvalue weighted by atomic mass is 9.98. The maximum atomic E-state index is 14.9. The van der Waals surface area contributed by atoms with Crippen LogP contribution in [0.2, 0.25) is 0 Å². The predicted octanol–water partition coefficient (Wildman–Crippen LogP) is 6.09. The second kappa shape index (κ2) is 9.67. The van der Waals surface area contributed by atoms with E-state index < -0.39 is 12.1 Å². The minimum atomic E-state index is -0.863. The fraction of sp³-hybridized carbons (Fsp3) is 0.286. The van der Waals surface area contributed by atoms with E-state index in [2.05, 4.69) is 6.07 Å². The summed E-state index contributed by atoms with van der Waals surface area (Å²) in [5.74, 6) is 1.04. The number of hydrogen-bond donors (Lipinski definition) is 1. The molecule has 178 valence electrons. The molecule has 0 saturated carbocycles. The second-order valence-corrected chi connectivity index (χ2v) is 8.79. The number of halogens is 1. The molecule has 1 aliphatic carbocycles. The molecule has 2 aliphatic rings. The molecule has 0 bridgehead atoms. The van der Waals surface area contributed by atoms with Crippen molar-refractivity contribution in [3.8, 4) is 29.1 Å². The van der Waals surface area contributed by atoms with Crippen LogP contribution < -0.4 is 14.2 Å². The van der Waals surface area contributed by atoms with Gasteiger partial charge in [0, 0.05) is 35.1 Å². The van der Waals surface area contributed by atoms with Crippen LogP contribution in [0.15, 0.2) is 54.6 Å². The zero-order valence-corrected chi connectivity index (χ0v) is 19.0. The van der Waals surface area contributed by atoms with Gasteiger partial charge >= 0.3 is 5.97 Å². The van der Waals surface area contributed by atoms with Crippen molar-refractivity contribution in [2.75, 3.05) is 6.61 Å². The number of fused-ring (bicyclic) bond motifs is 2. The quantitative estimate of drug-likeness (QED) is 0.426. The summed E-state index contributed by atoms with van der Waals surface area (Å²) in [6, 6.07) is 18.1. The Morgan fingerprint density at radius 3 is 2.71 bits per heavy atom. The van der Waals surface area contributed by atoms with E-state index in [9.17, 15) is 9.18 Å². The van der Waals surface area contributed by atoms with E-state index in [0.717, 1.165) is 16.7 Å². The van der Waals surface area contributed by atoms with Crippen molar-refractivity contribution < 1.29 is 28.5 Å². The zero-order valence-electron chi connectivity index (χ0n) is 19.0. The fourth-order valence-electron chi connectivity index (χ4n) is 4.78. The van der Waals surface area contributed by atoms with Crippen molar-refractivity contribution in [1.82, 2.24) is 0 Å². The minimum Gasteiger partial charge on any atom is -0.492 e. The highest BCUT2D eigenvalue weighted by Gasteiger charge is 2.32. The van der Waals surface area contributed by atoms with Gasteiger partial charge in [0.15, 0.2) is 0 Å². The molecule has 5 rings (SSSR count). The monoisotopic (exact) mass is 473 g/mol. The number of carbonyl (C=O) groups is 1. The fourth-order valence-corrected chi connectivity index (χ4v) is 4.78. The van der Waals surface area contributed by atoms with Crippen LogP contribution in [-0.2, 0) is 17.6 Å². The lowest BCUT2D eigenvalue weighted by molar-refractivity contribution is -0.137. The molecule has 2 atom stereocenters. The molecule has 0 fully saturated rings. The van der Waals surface area contributed by atoms with Gasteiger partial charge in [-0.25, -0.2) is 4.39 Å². The van der Waals surface area contributed by atoms with Crippen LogP contribution in [-0.4, -0.2) is 17.7 Å². The van der Waals surface area contributed by atoms with Crippen LogP contribution in [0.3, 0.4) is 0 Å². The summed E-state index contributed by atoms with van der Waals surface area (Å²) in [6.07, 6.45) is 1.94. The number of rotatable bonds is 8. The summed E-state index contributed by atoms with van der Waals surface area (Å²) in [6.45, 7) is 0.325. The molecule has 0 aromatic heterocycles. The minimum absolute atomic E-state index is 0.0137. The molecule has 0 saturated heterocycles. The number of nitrogens with zero attached hydrogens (tertiary/aromatic N) is 1. The van der Waals surface area contributed by atoms with E-state index in [-0.39, 0.29) is 18.2 Å². The Bertz CT molecular complexity index is 1300. The van der Waals surface area contributed by atoms with Crippen LogP contribution in [0.5, 0.6) is 23.0 Å². The zero-order chi connectivity index (χ0) is 24.4. The van der Waals surface area contributed by atoms with Crippen molar-refractivity contribution in [1.29, 1.82) is 5.26 Å². The number of aryl methyl sites for hydroxylation is 1. The number of ether oxygens (including phenoxy) is 3. The third kappa shape index (κ3) is 4.78. The lowest BCUT2D eigenvalue weighted by Crippen LogP contribution is -2.07. The summed E-state index contributed by atoms with van der Waals surface area (Å²) in [7, 11) is 0. The van der Waals surface area contributed by atoms with Gasteiger partial charge in [-0.3, -0.25) is 4.79 Å². The summed E-state index contributed by atoms with van der Waals surface area (Å²) in [5, 5.41) is 17.8. The largest absolute Gasteiger partial charge is 0.492 e. The Morgan fingerprint density at radius 2 is 1.94 bits per heavy atom. The molecule has 6 nitrogen and oxygen atoms in total. The molecular formula is C28H24FNO5. The van der Waals surface area contributed by atoms with Crippen LogP contribution in [0.25, 0.3) is 0 Å². The Balaban J connectivity index is 1.32. The summed E-state index contributed by atoms with van der Waals surface area (Å²) >= 11 is 0. The average molecular weight is 474 g/mol. The maximum Gasteiger partial charge on any atom is 0.304 e. The Hall–Kier alpha value is -4.05. The molecule has 7 heteroatoms. The number of carboxylic acids is 1. The van der Waals surface area contributed by atoms with Gasteiger partial charge in [-0.05, 0) is 55.2 Å². The highest BCUT2D eigenvalue weighted by molar-refractivity contribution is 5.68. The van der Waals surface area contributed by atoms with Crippen molar-refractivity contribution in [2.45, 2.75) is 44.1 Å². The third-order valence-electron chi connectivity index (χ3n) is 6.48. The summed E-state index contributed by atoms with van der Waals surface area (Å²) in [4.78, 5) is 11.1. The normalized spacial score (nSPS) is 17.7. The molecular weight excluding hydrogens is 449 g/mol. The highest BCUT2D eigenvalue weighted by Crippen LogP contribution is 2.44. The molecule has 3 aromatic carbocycles. The van der Waals surface area contributed by atoms with Crippen molar-refractivity contribution >= 4 is 5.97 Å². The topological polar surface area (TPSA) is 88.8 Å². The SMILES string of the molecule is N#CCCc1ccc(Oc2ccc(F)c3c2CC[C@H]3Oc2ccc3c(c2)OC[C@H]3CC(=O)O)cc1. The summed E-state index contributed by atoms with van der Waals surface area (Å²) in [5.41, 5.74) is 3.21. The molecule has 35 heavy (non-hydrogen) atoms. The number of nitriles is 1. The number of hydrogen-bond acceptors (Lipinski definition) is 5. The van der Waals surface area contributed by atoms with E-state index in [1.54, 1.807) is 18.2 Å². The maximum absolute atomic E-state index is 14.9. The van der Waals surface area contributed by atoms with Gasteiger partial charge in [-0.2, -0.15) is 5.26 Å². The molecule has 0 radical (unpaired) electrons. The van der Waals surface area contributed by atoms with Gasteiger partial charge in [0.2, 0.25) is 0 Å². The van der Waals surface area contributed by atoms with Crippen LogP contribution in [0.4, 0.5) is 4.39 Å². The van der Waals surface area contributed by atoms with Crippen LogP contribution in [0, 0.1) is 17.1 Å². The molecule has 0 amide bonds. The van der Waals surface area contributed by atoms with Gasteiger partial charge in [0.05, 0.1) is 19.1 Å². The van der Waals surface area contributed by atoms with E-state index in [4.69, 9.17) is 24.6 Å². The smallest absolute Gasteiger partial charge is 0.304 e. The van der Waals surface area contributed by atoms with Crippen LogP contribution in [0.1, 0.15) is 53.5 Å². The van der Waals surface area contributed by atoms with Crippen LogP contribution >= 0.6 is 0 Å². The average Bonchev–Trinajstić information content (AvgIpc) is 3.45. The number of carboxylic acid groups (broad SMARTS) is 1. The van der Waals surface area contributed by atoms with E-state index in [1.807, 2.05) is 30.3 Å². The van der Waals surface area contributed by atoms with E-state index >= 15 is 0 Å². The molecule has 1 aliphatic heterocycles. The van der Waals surface area contributed by atoms with Crippen molar-refractivity contribution in [2.24, 2.45) is 0 Å². The van der Waals surface area contributed by atoms with Gasteiger partial charge in [0.25, 0.3) is 0 Å². The van der Waals surface area contributed by atoms with Crippen molar-refractivity contribution in [3.05, 3.63) is 82.7 Å². The number of benzene rings is 3. The molecule has 0 spiro atoms. The first-order valence-electron chi connectivity index (χ1n) is 11.6. The van der Waals surface area contributed by atoms with Gasteiger partial charge < -0.3 is 19.3 Å². The Labute approximate surface area is 202 Å². The van der Waals surface area contributed by atoms with E-state index in [0.29, 0.717) is 60.9 Å². The van der Waals surface area contributed by atoms with Crippen molar-refractivity contribution in [3.63, 3.8) is 0 Å². The van der Waals surface area contributed by atoms with E-state index in [1.165, 1.54) is 6.07 Å². The Morgan fingerprint density at radius 1 is 1.14 bits per heavy atom. The standard InChI is InChI=1S/C28H24FNO5/c29-23-10-12-24(34-19-5-3-17(4-6-19)2-1-13-30)22-9-11-25(28(22)23)35-20-7-8-21-18(14-27(31)32)16-33-26(21)15-20/h3-8,10,12,15,18,25H,1-2,9,11,14,16H2,(H,31,32)/t18-,25-/m1/s1. The predicted molar refractivity (Wildman–Crippen MR) is 125 cm³/mol. The first kappa shape index (κ1) is 22.7. The molecule has 1 heterocycles. The highest BCUT2D eigenvalue weighted by atomic mass is 19.1. The lowest BCUT2D eigenvalue weighted by Gasteiger charge is -2.17. The van der Waals surface area contributed by atoms with Gasteiger partial charge in [-0.15, -0.1) is 0 Å². The summed E-state index contributed by atoms with van der Waals surface area (Å²) < 4.78 is 32.8. The third-order valence-corrected chi connectivity index (χ3v) is 6.48.